The minimum absolute atomic E-state index is 0.131. The van der Waals surface area contributed by atoms with Crippen molar-refractivity contribution >= 4 is 27.2 Å². The largest absolute Gasteiger partial charge is 0.462 e. The molecule has 1 aromatic rings. The normalized spacial score (nSPS) is 17.8. The lowest BCUT2D eigenvalue weighted by molar-refractivity contribution is 0.0527. The summed E-state index contributed by atoms with van der Waals surface area (Å²) in [4.78, 5) is 13.7. The molecule has 0 saturated carbocycles. The van der Waals surface area contributed by atoms with Crippen molar-refractivity contribution in [1.29, 1.82) is 0 Å². The van der Waals surface area contributed by atoms with E-state index in [1.54, 1.807) is 25.1 Å². The molecule has 0 atom stereocenters. The van der Waals surface area contributed by atoms with Crippen LogP contribution in [0.2, 0.25) is 0 Å². The summed E-state index contributed by atoms with van der Waals surface area (Å²) in [7, 11) is -2.92. The van der Waals surface area contributed by atoms with E-state index in [9.17, 15) is 13.2 Å². The highest BCUT2D eigenvalue weighted by Gasteiger charge is 2.23. The van der Waals surface area contributed by atoms with Crippen molar-refractivity contribution in [3.63, 3.8) is 0 Å². The second kappa shape index (κ2) is 5.70. The molecule has 2 N–H and O–H groups in total. The lowest BCUT2D eigenvalue weighted by Crippen LogP contribution is -2.40. The summed E-state index contributed by atoms with van der Waals surface area (Å²) < 4.78 is 27.8. The first kappa shape index (κ1) is 14.6. The number of nitrogens with two attached hydrogens (primary N) is 1. The highest BCUT2D eigenvalue weighted by Crippen LogP contribution is 2.23. The van der Waals surface area contributed by atoms with E-state index in [0.29, 0.717) is 24.3 Å². The first-order valence-corrected chi connectivity index (χ1v) is 8.27. The molecule has 1 saturated heterocycles. The fourth-order valence-electron chi connectivity index (χ4n) is 2.10. The maximum Gasteiger partial charge on any atom is 0.340 e. The number of sulfone groups is 1. The monoisotopic (exact) mass is 298 g/mol. The third-order valence-electron chi connectivity index (χ3n) is 3.24. The first-order valence-electron chi connectivity index (χ1n) is 6.45. The topological polar surface area (TPSA) is 89.7 Å². The number of nitrogens with zero attached hydrogens (tertiary/aromatic N) is 1. The summed E-state index contributed by atoms with van der Waals surface area (Å²) in [6.45, 7) is 2.86. The van der Waals surface area contributed by atoms with E-state index in [4.69, 9.17) is 10.5 Å². The van der Waals surface area contributed by atoms with Gasteiger partial charge in [0.2, 0.25) is 0 Å². The van der Waals surface area contributed by atoms with Crippen LogP contribution in [0.5, 0.6) is 0 Å². The average molecular weight is 298 g/mol. The lowest BCUT2D eigenvalue weighted by Gasteiger charge is -2.29. The van der Waals surface area contributed by atoms with Gasteiger partial charge in [0.05, 0.1) is 23.7 Å². The van der Waals surface area contributed by atoms with Crippen LogP contribution in [0.4, 0.5) is 11.4 Å². The second-order valence-corrected chi connectivity index (χ2v) is 6.93. The molecule has 1 aliphatic rings. The van der Waals surface area contributed by atoms with Gasteiger partial charge in [-0.1, -0.05) is 0 Å². The van der Waals surface area contributed by atoms with Gasteiger partial charge in [0, 0.05) is 24.5 Å². The SMILES string of the molecule is CCOC(=O)c1cc(N2CCS(=O)(=O)CC2)ccc1N. The Bertz CT molecular complexity index is 599. The minimum atomic E-state index is -2.92. The average Bonchev–Trinajstić information content (AvgIpc) is 2.40. The van der Waals surface area contributed by atoms with Gasteiger partial charge < -0.3 is 15.4 Å². The van der Waals surface area contributed by atoms with Crippen LogP contribution in [0, 0.1) is 0 Å². The highest BCUT2D eigenvalue weighted by molar-refractivity contribution is 7.91. The Labute approximate surface area is 118 Å². The molecule has 0 aromatic heterocycles. The molecule has 1 fully saturated rings. The number of anilines is 2. The number of carbonyl (C=O) groups excluding carboxylic acids is 1. The van der Waals surface area contributed by atoms with E-state index in [0.717, 1.165) is 5.69 Å². The van der Waals surface area contributed by atoms with Crippen molar-refractivity contribution in [2.24, 2.45) is 0 Å². The van der Waals surface area contributed by atoms with Gasteiger partial charge in [0.25, 0.3) is 0 Å². The predicted molar refractivity (Wildman–Crippen MR) is 77.7 cm³/mol. The van der Waals surface area contributed by atoms with Crippen molar-refractivity contribution in [2.45, 2.75) is 6.92 Å². The van der Waals surface area contributed by atoms with Crippen molar-refractivity contribution < 1.29 is 17.9 Å². The number of hydrogen-bond acceptors (Lipinski definition) is 6. The van der Waals surface area contributed by atoms with Gasteiger partial charge in [0.1, 0.15) is 0 Å². The molecule has 110 valence electrons. The Morgan fingerprint density at radius 1 is 1.35 bits per heavy atom. The lowest BCUT2D eigenvalue weighted by atomic mass is 10.1. The maximum atomic E-state index is 11.8. The summed E-state index contributed by atoms with van der Waals surface area (Å²) in [5, 5.41) is 0. The van der Waals surface area contributed by atoms with Gasteiger partial charge in [0.15, 0.2) is 9.84 Å². The summed E-state index contributed by atoms with van der Waals surface area (Å²) in [5.74, 6) is -0.199. The molecule has 1 aromatic carbocycles. The Morgan fingerprint density at radius 3 is 2.60 bits per heavy atom. The molecule has 7 heteroatoms. The summed E-state index contributed by atoms with van der Waals surface area (Å²) in [5.41, 5.74) is 7.24. The molecule has 0 bridgehead atoms. The van der Waals surface area contributed by atoms with Gasteiger partial charge in [-0.15, -0.1) is 0 Å². The number of nitrogen functional groups attached to an aromatic ring is 1. The first-order chi connectivity index (χ1) is 9.43. The zero-order valence-corrected chi connectivity index (χ0v) is 12.1. The van der Waals surface area contributed by atoms with Crippen LogP contribution >= 0.6 is 0 Å². The maximum absolute atomic E-state index is 11.8. The van der Waals surface area contributed by atoms with Crippen LogP contribution in [0.15, 0.2) is 18.2 Å². The molecule has 0 spiro atoms. The molecule has 1 heterocycles. The van der Waals surface area contributed by atoms with Gasteiger partial charge in [-0.2, -0.15) is 0 Å². The number of rotatable bonds is 3. The summed E-state index contributed by atoms with van der Waals surface area (Å²) in [6, 6.07) is 5.09. The zero-order chi connectivity index (χ0) is 14.8. The third-order valence-corrected chi connectivity index (χ3v) is 4.85. The summed E-state index contributed by atoms with van der Waals surface area (Å²) in [6.07, 6.45) is 0. The van der Waals surface area contributed by atoms with E-state index in [-0.39, 0.29) is 18.1 Å². The Morgan fingerprint density at radius 2 is 2.00 bits per heavy atom. The minimum Gasteiger partial charge on any atom is -0.462 e. The van der Waals surface area contributed by atoms with E-state index < -0.39 is 15.8 Å². The number of ether oxygens (including phenoxy) is 1. The van der Waals surface area contributed by atoms with E-state index in [1.165, 1.54) is 0 Å². The van der Waals surface area contributed by atoms with E-state index in [2.05, 4.69) is 0 Å². The van der Waals surface area contributed by atoms with Gasteiger partial charge in [-0.3, -0.25) is 0 Å². The third kappa shape index (κ3) is 3.22. The van der Waals surface area contributed by atoms with Crippen molar-refractivity contribution in [3.05, 3.63) is 23.8 Å². The molecule has 0 unspecified atom stereocenters. The van der Waals surface area contributed by atoms with Gasteiger partial charge in [-0.25, -0.2) is 13.2 Å². The van der Waals surface area contributed by atoms with Crippen molar-refractivity contribution in [1.82, 2.24) is 0 Å². The van der Waals surface area contributed by atoms with Crippen LogP contribution in [0.3, 0.4) is 0 Å². The zero-order valence-electron chi connectivity index (χ0n) is 11.3. The van der Waals surface area contributed by atoms with Crippen LogP contribution < -0.4 is 10.6 Å². The molecule has 6 nitrogen and oxygen atoms in total. The number of esters is 1. The molecular formula is C13H18N2O4S. The molecule has 0 aliphatic carbocycles. The summed E-state index contributed by atoms with van der Waals surface area (Å²) >= 11 is 0. The molecule has 0 amide bonds. The smallest absolute Gasteiger partial charge is 0.340 e. The van der Waals surface area contributed by atoms with Gasteiger partial charge >= 0.3 is 5.97 Å². The molecule has 1 aliphatic heterocycles. The predicted octanol–water partition coefficient (Wildman–Crippen LogP) is 0.680. The Hall–Kier alpha value is -1.76. The number of benzene rings is 1. The van der Waals surface area contributed by atoms with Crippen LogP contribution in [0.25, 0.3) is 0 Å². The fourth-order valence-corrected chi connectivity index (χ4v) is 3.30. The van der Waals surface area contributed by atoms with Gasteiger partial charge in [-0.05, 0) is 25.1 Å². The quantitative estimate of drug-likeness (QED) is 0.652. The molecular weight excluding hydrogens is 280 g/mol. The van der Waals surface area contributed by atoms with Crippen LogP contribution in [-0.4, -0.2) is 45.6 Å². The molecule has 2 rings (SSSR count). The second-order valence-electron chi connectivity index (χ2n) is 4.63. The van der Waals surface area contributed by atoms with Crippen LogP contribution in [0.1, 0.15) is 17.3 Å². The van der Waals surface area contributed by atoms with Crippen LogP contribution in [-0.2, 0) is 14.6 Å². The fraction of sp³-hybridized carbons (Fsp3) is 0.462. The molecule has 20 heavy (non-hydrogen) atoms. The molecule has 0 radical (unpaired) electrons. The standard InChI is InChI=1S/C13H18N2O4S/c1-2-19-13(16)11-9-10(3-4-12(11)14)15-5-7-20(17,18)8-6-15/h3-4,9H,2,5-8,14H2,1H3. The number of carbonyl (C=O) groups is 1. The Balaban J connectivity index is 2.21. The van der Waals surface area contributed by atoms with E-state index >= 15 is 0 Å². The number of hydrogen-bond donors (Lipinski definition) is 1. The van der Waals surface area contributed by atoms with E-state index in [1.807, 2.05) is 4.90 Å². The van der Waals surface area contributed by atoms with Crippen molar-refractivity contribution in [3.8, 4) is 0 Å². The van der Waals surface area contributed by atoms with Crippen molar-refractivity contribution in [2.75, 3.05) is 41.8 Å². The highest BCUT2D eigenvalue weighted by atomic mass is 32.2. The Kier molecular flexibility index (Phi) is 4.17.